The molecule has 1 aliphatic rings. The number of hydrogen-bond acceptors (Lipinski definition) is 8. The fourth-order valence-electron chi connectivity index (χ4n) is 3.14. The summed E-state index contributed by atoms with van der Waals surface area (Å²) in [4.78, 5) is 27.7. The molecule has 0 aliphatic carbocycles. The van der Waals surface area contributed by atoms with E-state index in [2.05, 4.69) is 49.4 Å². The Bertz CT molecular complexity index is 1040. The number of rotatable bonds is 5. The van der Waals surface area contributed by atoms with Crippen LogP contribution in [0.25, 0.3) is 11.2 Å². The Morgan fingerprint density at radius 3 is 2.73 bits per heavy atom. The lowest BCUT2D eigenvalue weighted by molar-refractivity contribution is 0.123. The van der Waals surface area contributed by atoms with E-state index in [0.29, 0.717) is 42.6 Å². The number of benzene rings is 1. The first-order chi connectivity index (χ1) is 14.6. The van der Waals surface area contributed by atoms with Crippen LogP contribution in [-0.2, 0) is 4.74 Å². The smallest absolute Gasteiger partial charge is 0.332 e. The van der Waals surface area contributed by atoms with Crippen molar-refractivity contribution in [3.8, 4) is 0 Å². The van der Waals surface area contributed by atoms with Gasteiger partial charge in [-0.15, -0.1) is 0 Å². The summed E-state index contributed by atoms with van der Waals surface area (Å²) in [5.74, 6) is 0.962. The average molecular weight is 426 g/mol. The van der Waals surface area contributed by atoms with Crippen LogP contribution in [-0.4, -0.2) is 58.1 Å². The molecule has 2 N–H and O–H groups in total. The lowest BCUT2D eigenvalue weighted by Gasteiger charge is -2.30. The Morgan fingerprint density at radius 2 is 1.93 bits per heavy atom. The predicted octanol–water partition coefficient (Wildman–Crippen LogP) is 3.30. The first-order valence-electron chi connectivity index (χ1n) is 9.74. The number of hydrogen-bond donors (Lipinski definition) is 3. The van der Waals surface area contributed by atoms with Crippen molar-refractivity contribution in [1.29, 1.82) is 0 Å². The molecule has 1 aromatic carbocycles. The Kier molecular flexibility index (Phi) is 6.15. The van der Waals surface area contributed by atoms with E-state index in [1.807, 2.05) is 25.1 Å². The highest BCUT2D eigenvalue weighted by molar-refractivity contribution is 7.78. The molecule has 0 unspecified atom stereocenters. The van der Waals surface area contributed by atoms with Gasteiger partial charge < -0.3 is 15.0 Å². The molecule has 30 heavy (non-hydrogen) atoms. The van der Waals surface area contributed by atoms with Crippen molar-refractivity contribution in [2.24, 2.45) is 0 Å². The van der Waals surface area contributed by atoms with Gasteiger partial charge in [-0.1, -0.05) is 24.9 Å². The van der Waals surface area contributed by atoms with Gasteiger partial charge in [0.25, 0.3) is 0 Å². The van der Waals surface area contributed by atoms with Gasteiger partial charge in [-0.2, -0.15) is 0 Å². The number of ether oxygens (including phenoxy) is 1. The Morgan fingerprint density at radius 1 is 1.17 bits per heavy atom. The normalized spacial score (nSPS) is 13.9. The molecule has 4 rings (SSSR count). The zero-order valence-corrected chi connectivity index (χ0v) is 17.5. The number of nitrogens with one attached hydrogen (secondary N) is 2. The zero-order valence-electron chi connectivity index (χ0n) is 16.6. The summed E-state index contributed by atoms with van der Waals surface area (Å²) >= 11 is 4.10. The number of pyridine rings is 1. The third-order valence-electron chi connectivity index (χ3n) is 4.69. The molecule has 2 aromatic heterocycles. The second-order valence-electron chi connectivity index (χ2n) is 6.68. The number of amides is 2. The number of aromatic nitrogens is 3. The van der Waals surface area contributed by atoms with Crippen molar-refractivity contribution in [2.75, 3.05) is 48.4 Å². The maximum Gasteiger partial charge on any atom is 0.332 e. The number of carbonyl (C=O) groups is 1. The van der Waals surface area contributed by atoms with Crippen molar-refractivity contribution < 1.29 is 9.53 Å². The molecule has 2 amide bonds. The van der Waals surface area contributed by atoms with Gasteiger partial charge in [0.05, 0.1) is 30.8 Å². The molecule has 0 bridgehead atoms. The van der Waals surface area contributed by atoms with Crippen LogP contribution < -0.4 is 15.5 Å². The van der Waals surface area contributed by atoms with E-state index in [1.54, 1.807) is 18.3 Å². The fourth-order valence-corrected chi connectivity index (χ4v) is 3.19. The average Bonchev–Trinajstić information content (AvgIpc) is 2.79. The standard InChI is InChI=1S/C20H23N7O2S/c1-2-27(30)20(28)25-17-8-7-15-19(23-17)24-18(13-21-15)22-14-5-3-4-6-16(14)26-9-11-29-12-10-26/h3-8,13,30H,2,9-12H2,1H3,(H2,22,23,24,25,28). The minimum Gasteiger partial charge on any atom is -0.378 e. The summed E-state index contributed by atoms with van der Waals surface area (Å²) in [6.45, 7) is 5.41. The van der Waals surface area contributed by atoms with Crippen molar-refractivity contribution in [3.05, 3.63) is 42.6 Å². The molecule has 0 atom stereocenters. The van der Waals surface area contributed by atoms with Gasteiger partial charge in [0.2, 0.25) is 0 Å². The first kappa shape index (κ1) is 20.2. The quantitative estimate of drug-likeness (QED) is 0.540. The monoisotopic (exact) mass is 425 g/mol. The highest BCUT2D eigenvalue weighted by Crippen LogP contribution is 2.29. The molecule has 0 spiro atoms. The van der Waals surface area contributed by atoms with Gasteiger partial charge in [-0.05, 0) is 31.2 Å². The van der Waals surface area contributed by atoms with E-state index in [9.17, 15) is 4.79 Å². The van der Waals surface area contributed by atoms with Gasteiger partial charge in [0, 0.05) is 19.6 Å². The van der Waals surface area contributed by atoms with Crippen LogP contribution >= 0.6 is 12.8 Å². The molecule has 3 aromatic rings. The molecule has 156 valence electrons. The molecule has 10 heteroatoms. The van der Waals surface area contributed by atoms with Crippen LogP contribution in [0, 0.1) is 0 Å². The Balaban J connectivity index is 1.57. The van der Waals surface area contributed by atoms with Crippen molar-refractivity contribution in [1.82, 2.24) is 19.3 Å². The minimum absolute atomic E-state index is 0.352. The minimum atomic E-state index is -0.352. The summed E-state index contributed by atoms with van der Waals surface area (Å²) < 4.78 is 6.72. The largest absolute Gasteiger partial charge is 0.378 e. The van der Waals surface area contributed by atoms with Crippen LogP contribution in [0.4, 0.5) is 27.8 Å². The summed E-state index contributed by atoms with van der Waals surface area (Å²) in [6, 6.07) is 11.2. The van der Waals surface area contributed by atoms with Crippen molar-refractivity contribution >= 4 is 53.0 Å². The maximum absolute atomic E-state index is 12.0. The molecular formula is C20H23N7O2S. The van der Waals surface area contributed by atoms with Gasteiger partial charge in [0.1, 0.15) is 11.3 Å². The molecule has 1 saturated heterocycles. The molecule has 0 radical (unpaired) electrons. The topological polar surface area (TPSA) is 95.5 Å². The number of carbonyl (C=O) groups excluding carboxylic acids is 1. The highest BCUT2D eigenvalue weighted by Gasteiger charge is 2.15. The molecule has 1 aliphatic heterocycles. The lowest BCUT2D eigenvalue weighted by atomic mass is 10.2. The van der Waals surface area contributed by atoms with E-state index in [0.717, 1.165) is 24.5 Å². The van der Waals surface area contributed by atoms with E-state index >= 15 is 0 Å². The van der Waals surface area contributed by atoms with Crippen LogP contribution in [0.3, 0.4) is 0 Å². The summed E-state index contributed by atoms with van der Waals surface area (Å²) in [5.41, 5.74) is 3.10. The summed E-state index contributed by atoms with van der Waals surface area (Å²) in [7, 11) is 0. The molecule has 0 saturated carbocycles. The highest BCUT2D eigenvalue weighted by atomic mass is 32.1. The predicted molar refractivity (Wildman–Crippen MR) is 120 cm³/mol. The number of anilines is 4. The second-order valence-corrected chi connectivity index (χ2v) is 7.16. The number of fused-ring (bicyclic) bond motifs is 1. The van der Waals surface area contributed by atoms with Crippen LogP contribution in [0.1, 0.15) is 6.92 Å². The van der Waals surface area contributed by atoms with Gasteiger partial charge in [-0.25, -0.2) is 19.7 Å². The van der Waals surface area contributed by atoms with E-state index in [1.165, 1.54) is 4.31 Å². The molecule has 9 nitrogen and oxygen atoms in total. The van der Waals surface area contributed by atoms with Crippen LogP contribution in [0.2, 0.25) is 0 Å². The SMILES string of the molecule is CCN(S)C(=O)Nc1ccc2ncc(Nc3ccccc3N3CCOCC3)nc2n1. The number of nitrogens with zero attached hydrogens (tertiary/aromatic N) is 5. The third-order valence-corrected chi connectivity index (χ3v) is 5.16. The lowest BCUT2D eigenvalue weighted by Crippen LogP contribution is -2.36. The first-order valence-corrected chi connectivity index (χ1v) is 10.1. The molecule has 3 heterocycles. The summed E-state index contributed by atoms with van der Waals surface area (Å²) in [5, 5.41) is 6.04. The summed E-state index contributed by atoms with van der Waals surface area (Å²) in [6.07, 6.45) is 1.67. The van der Waals surface area contributed by atoms with E-state index in [4.69, 9.17) is 4.74 Å². The number of urea groups is 1. The third kappa shape index (κ3) is 4.55. The van der Waals surface area contributed by atoms with Crippen molar-refractivity contribution in [2.45, 2.75) is 6.92 Å². The zero-order chi connectivity index (χ0) is 20.9. The van der Waals surface area contributed by atoms with Crippen LogP contribution in [0.5, 0.6) is 0 Å². The second kappa shape index (κ2) is 9.14. The number of thiol groups is 1. The Hall–Kier alpha value is -3.11. The van der Waals surface area contributed by atoms with Gasteiger partial charge >= 0.3 is 6.03 Å². The molecular weight excluding hydrogens is 402 g/mol. The maximum atomic E-state index is 12.0. The fraction of sp³-hybridized carbons (Fsp3) is 0.300. The van der Waals surface area contributed by atoms with Gasteiger partial charge in [-0.3, -0.25) is 9.62 Å². The Labute approximate surface area is 180 Å². The van der Waals surface area contributed by atoms with E-state index in [-0.39, 0.29) is 6.03 Å². The molecule has 1 fully saturated rings. The van der Waals surface area contributed by atoms with E-state index < -0.39 is 0 Å². The van der Waals surface area contributed by atoms with Gasteiger partial charge in [0.15, 0.2) is 11.5 Å². The van der Waals surface area contributed by atoms with Crippen molar-refractivity contribution in [3.63, 3.8) is 0 Å². The van der Waals surface area contributed by atoms with Crippen LogP contribution in [0.15, 0.2) is 42.6 Å². The number of para-hydroxylation sites is 2. The number of morpholine rings is 1.